The van der Waals surface area contributed by atoms with E-state index in [1.165, 1.54) is 0 Å². The molecule has 0 aliphatic carbocycles. The zero-order valence-electron chi connectivity index (χ0n) is 14.5. The molecule has 6 heteroatoms. The Morgan fingerprint density at radius 1 is 1.12 bits per heavy atom. The average Bonchev–Trinajstić information content (AvgIpc) is 3.12. The molecule has 0 aromatic heterocycles. The summed E-state index contributed by atoms with van der Waals surface area (Å²) < 4.78 is 5.74. The minimum atomic E-state index is -0.145. The molecule has 1 aliphatic rings. The zero-order valence-corrected chi connectivity index (χ0v) is 16.0. The van der Waals surface area contributed by atoms with Crippen LogP contribution in [0.25, 0.3) is 0 Å². The second-order valence-corrected chi connectivity index (χ2v) is 7.25. The number of anilines is 1. The molecule has 1 heterocycles. The normalized spacial score (nSPS) is 16.8. The fraction of sp³-hybridized carbons (Fsp3) is 0.350. The van der Waals surface area contributed by atoms with E-state index >= 15 is 0 Å². The molecule has 1 saturated heterocycles. The Bertz CT molecular complexity index is 714. The first-order chi connectivity index (χ1) is 12.6. The summed E-state index contributed by atoms with van der Waals surface area (Å²) in [6, 6.07) is 15.3. The number of benzene rings is 2. The van der Waals surface area contributed by atoms with Crippen LogP contribution in [0, 0.1) is 0 Å². The van der Waals surface area contributed by atoms with Crippen molar-refractivity contribution in [1.82, 2.24) is 4.90 Å². The van der Waals surface area contributed by atoms with Gasteiger partial charge >= 0.3 is 0 Å². The second kappa shape index (κ2) is 9.38. The summed E-state index contributed by atoms with van der Waals surface area (Å²) in [6.45, 7) is 2.45. The minimum absolute atomic E-state index is 0.145. The van der Waals surface area contributed by atoms with Gasteiger partial charge in [-0.1, -0.05) is 59.6 Å². The van der Waals surface area contributed by atoms with Gasteiger partial charge in [-0.2, -0.15) is 0 Å². The van der Waals surface area contributed by atoms with Gasteiger partial charge in [0.15, 0.2) is 0 Å². The molecule has 0 radical (unpaired) electrons. The van der Waals surface area contributed by atoms with E-state index in [0.29, 0.717) is 22.3 Å². The molecule has 1 aliphatic heterocycles. The molecule has 4 nitrogen and oxygen atoms in total. The lowest BCUT2D eigenvalue weighted by Crippen LogP contribution is -2.38. The van der Waals surface area contributed by atoms with E-state index < -0.39 is 0 Å². The van der Waals surface area contributed by atoms with Crippen LogP contribution in [0.5, 0.6) is 0 Å². The van der Waals surface area contributed by atoms with E-state index in [4.69, 9.17) is 27.9 Å². The number of amides is 1. The quantitative estimate of drug-likeness (QED) is 0.747. The van der Waals surface area contributed by atoms with Crippen LogP contribution in [0.15, 0.2) is 48.5 Å². The van der Waals surface area contributed by atoms with E-state index in [9.17, 15) is 4.79 Å². The van der Waals surface area contributed by atoms with E-state index in [-0.39, 0.29) is 18.6 Å². The van der Waals surface area contributed by atoms with Crippen LogP contribution in [-0.4, -0.2) is 36.6 Å². The third-order valence-electron chi connectivity index (χ3n) is 4.33. The maximum Gasteiger partial charge on any atom is 0.238 e. The molecule has 3 rings (SSSR count). The number of rotatable bonds is 7. The number of nitrogens with zero attached hydrogens (tertiary/aromatic N) is 1. The van der Waals surface area contributed by atoms with Gasteiger partial charge < -0.3 is 10.1 Å². The number of hydrogen-bond donors (Lipinski definition) is 1. The first-order valence-corrected chi connectivity index (χ1v) is 9.49. The summed E-state index contributed by atoms with van der Waals surface area (Å²) >= 11 is 12.3. The lowest BCUT2D eigenvalue weighted by atomic mass is 10.2. The van der Waals surface area contributed by atoms with E-state index in [2.05, 4.69) is 22.3 Å². The third kappa shape index (κ3) is 5.45. The smallest absolute Gasteiger partial charge is 0.238 e. The molecule has 1 N–H and O–H groups in total. The Kier molecular flexibility index (Phi) is 6.92. The standard InChI is InChI=1S/C20H22Cl2N2O2/c21-17-9-4-10-18(22)20(17)23-19(25)14-24(13-16-8-5-11-26-16)12-15-6-2-1-3-7-15/h1-4,6-7,9-10,16H,5,8,11-14H2,(H,23,25). The predicted octanol–water partition coefficient (Wildman–Crippen LogP) is 4.61. The topological polar surface area (TPSA) is 41.6 Å². The van der Waals surface area contributed by atoms with Crippen LogP contribution in [0.4, 0.5) is 5.69 Å². The van der Waals surface area contributed by atoms with Gasteiger partial charge in [0.25, 0.3) is 0 Å². The highest BCUT2D eigenvalue weighted by atomic mass is 35.5. The average molecular weight is 393 g/mol. The summed E-state index contributed by atoms with van der Waals surface area (Å²) in [7, 11) is 0. The molecule has 1 amide bonds. The molecular weight excluding hydrogens is 371 g/mol. The van der Waals surface area contributed by atoms with Gasteiger partial charge in [0.2, 0.25) is 5.91 Å². The molecule has 1 fully saturated rings. The predicted molar refractivity (Wildman–Crippen MR) is 106 cm³/mol. The van der Waals surface area contributed by atoms with Gasteiger partial charge in [-0.25, -0.2) is 0 Å². The van der Waals surface area contributed by atoms with Gasteiger partial charge in [0.05, 0.1) is 28.4 Å². The fourth-order valence-electron chi connectivity index (χ4n) is 3.10. The zero-order chi connectivity index (χ0) is 18.4. The van der Waals surface area contributed by atoms with Crippen LogP contribution >= 0.6 is 23.2 Å². The third-order valence-corrected chi connectivity index (χ3v) is 4.96. The highest BCUT2D eigenvalue weighted by molar-refractivity contribution is 6.39. The first-order valence-electron chi connectivity index (χ1n) is 8.73. The molecule has 0 bridgehead atoms. The number of hydrogen-bond acceptors (Lipinski definition) is 3. The largest absolute Gasteiger partial charge is 0.377 e. The molecule has 1 atom stereocenters. The van der Waals surface area contributed by atoms with Crippen LogP contribution in [0.1, 0.15) is 18.4 Å². The molecule has 138 valence electrons. The fourth-order valence-corrected chi connectivity index (χ4v) is 3.59. The van der Waals surface area contributed by atoms with Gasteiger partial charge in [-0.05, 0) is 30.5 Å². The van der Waals surface area contributed by atoms with E-state index in [1.54, 1.807) is 18.2 Å². The Labute approximate surface area is 164 Å². The number of carbonyl (C=O) groups excluding carboxylic acids is 1. The number of para-hydroxylation sites is 1. The lowest BCUT2D eigenvalue weighted by Gasteiger charge is -2.25. The van der Waals surface area contributed by atoms with Crippen molar-refractivity contribution in [2.75, 3.05) is 25.0 Å². The number of carbonyl (C=O) groups is 1. The summed E-state index contributed by atoms with van der Waals surface area (Å²) in [4.78, 5) is 14.7. The van der Waals surface area contributed by atoms with Crippen LogP contribution in [0.2, 0.25) is 10.0 Å². The highest BCUT2D eigenvalue weighted by Gasteiger charge is 2.21. The monoisotopic (exact) mass is 392 g/mol. The molecule has 2 aromatic rings. The maximum atomic E-state index is 12.6. The SMILES string of the molecule is O=C(CN(Cc1ccccc1)CC1CCCO1)Nc1c(Cl)cccc1Cl. The van der Waals surface area contributed by atoms with Gasteiger partial charge in [-0.3, -0.25) is 9.69 Å². The summed E-state index contributed by atoms with van der Waals surface area (Å²) in [6.07, 6.45) is 2.28. The van der Waals surface area contributed by atoms with E-state index in [0.717, 1.165) is 31.6 Å². The molecule has 0 saturated carbocycles. The van der Waals surface area contributed by atoms with Crippen LogP contribution < -0.4 is 5.32 Å². The lowest BCUT2D eigenvalue weighted by molar-refractivity contribution is -0.117. The summed E-state index contributed by atoms with van der Waals surface area (Å²) in [5.41, 5.74) is 1.62. The van der Waals surface area contributed by atoms with Crippen molar-refractivity contribution in [2.24, 2.45) is 0 Å². The van der Waals surface area contributed by atoms with E-state index in [1.807, 2.05) is 18.2 Å². The van der Waals surface area contributed by atoms with Crippen molar-refractivity contribution in [2.45, 2.75) is 25.5 Å². The van der Waals surface area contributed by atoms with Crippen molar-refractivity contribution >= 4 is 34.8 Å². The molecule has 1 unspecified atom stereocenters. The van der Waals surface area contributed by atoms with Gasteiger partial charge in [0.1, 0.15) is 0 Å². The van der Waals surface area contributed by atoms with Crippen molar-refractivity contribution < 1.29 is 9.53 Å². The molecule has 2 aromatic carbocycles. The van der Waals surface area contributed by atoms with Gasteiger partial charge in [-0.15, -0.1) is 0 Å². The molecule has 0 spiro atoms. The van der Waals surface area contributed by atoms with Crippen LogP contribution in [0.3, 0.4) is 0 Å². The van der Waals surface area contributed by atoms with Crippen molar-refractivity contribution in [3.05, 3.63) is 64.1 Å². The Balaban J connectivity index is 1.66. The Hall–Kier alpha value is -1.59. The highest BCUT2D eigenvalue weighted by Crippen LogP contribution is 2.29. The number of halogens is 2. The second-order valence-electron chi connectivity index (χ2n) is 6.44. The maximum absolute atomic E-state index is 12.6. The summed E-state index contributed by atoms with van der Waals surface area (Å²) in [5.74, 6) is -0.145. The summed E-state index contributed by atoms with van der Waals surface area (Å²) in [5, 5.41) is 3.69. The molecular formula is C20H22Cl2N2O2. The van der Waals surface area contributed by atoms with Gasteiger partial charge in [0, 0.05) is 19.7 Å². The Morgan fingerprint density at radius 3 is 2.50 bits per heavy atom. The number of nitrogens with one attached hydrogen (secondary N) is 1. The molecule has 26 heavy (non-hydrogen) atoms. The van der Waals surface area contributed by atoms with Crippen LogP contribution in [-0.2, 0) is 16.1 Å². The van der Waals surface area contributed by atoms with Crippen molar-refractivity contribution in [3.63, 3.8) is 0 Å². The van der Waals surface area contributed by atoms with Crippen molar-refractivity contribution in [1.29, 1.82) is 0 Å². The number of ether oxygens (including phenoxy) is 1. The van der Waals surface area contributed by atoms with Crippen molar-refractivity contribution in [3.8, 4) is 0 Å². The Morgan fingerprint density at radius 2 is 1.85 bits per heavy atom. The minimum Gasteiger partial charge on any atom is -0.377 e. The first kappa shape index (κ1) is 19.2.